The maximum absolute atomic E-state index is 11.9. The number of likely N-dealkylation sites (tertiary alicyclic amines) is 1. The van der Waals surface area contributed by atoms with Gasteiger partial charge in [-0.05, 0) is 19.3 Å². The highest BCUT2D eigenvalue weighted by atomic mass is 16.2. The van der Waals surface area contributed by atoms with Crippen molar-refractivity contribution >= 4 is 11.8 Å². The Morgan fingerprint density at radius 3 is 2.56 bits per heavy atom. The van der Waals surface area contributed by atoms with E-state index in [0.717, 1.165) is 25.8 Å². The summed E-state index contributed by atoms with van der Waals surface area (Å²) in [6, 6.07) is -0.334. The van der Waals surface area contributed by atoms with Crippen molar-refractivity contribution in [1.29, 1.82) is 0 Å². The van der Waals surface area contributed by atoms with Gasteiger partial charge in [-0.25, -0.2) is 0 Å². The molecule has 4 heteroatoms. The van der Waals surface area contributed by atoms with E-state index in [4.69, 9.17) is 0 Å². The van der Waals surface area contributed by atoms with Crippen LogP contribution in [0, 0.1) is 5.41 Å². The molecule has 1 aliphatic rings. The van der Waals surface area contributed by atoms with Gasteiger partial charge in [-0.2, -0.15) is 0 Å². The molecule has 1 unspecified atom stereocenters. The van der Waals surface area contributed by atoms with Crippen LogP contribution in [0.25, 0.3) is 0 Å². The second-order valence-corrected chi connectivity index (χ2v) is 5.53. The number of nitrogens with one attached hydrogen (secondary N) is 1. The van der Waals surface area contributed by atoms with Crippen molar-refractivity contribution in [3.63, 3.8) is 0 Å². The lowest BCUT2D eigenvalue weighted by Crippen LogP contribution is -2.49. The van der Waals surface area contributed by atoms with Gasteiger partial charge >= 0.3 is 0 Å². The molecule has 0 radical (unpaired) electrons. The molecule has 4 nitrogen and oxygen atoms in total. The van der Waals surface area contributed by atoms with E-state index in [1.807, 2.05) is 20.8 Å². The van der Waals surface area contributed by atoms with E-state index in [1.54, 1.807) is 11.9 Å². The lowest BCUT2D eigenvalue weighted by Gasteiger charge is -2.24. The van der Waals surface area contributed by atoms with Gasteiger partial charge in [0.25, 0.3) is 0 Å². The zero-order valence-corrected chi connectivity index (χ0v) is 10.7. The van der Waals surface area contributed by atoms with Crippen molar-refractivity contribution in [1.82, 2.24) is 10.2 Å². The first-order valence-corrected chi connectivity index (χ1v) is 5.88. The predicted molar refractivity (Wildman–Crippen MR) is 62.9 cm³/mol. The molecule has 16 heavy (non-hydrogen) atoms. The fourth-order valence-electron chi connectivity index (χ4n) is 1.71. The van der Waals surface area contributed by atoms with Gasteiger partial charge in [-0.3, -0.25) is 9.59 Å². The number of hydrogen-bond donors (Lipinski definition) is 1. The first kappa shape index (κ1) is 13.0. The second kappa shape index (κ2) is 4.85. The Bertz CT molecular complexity index is 281. The van der Waals surface area contributed by atoms with Crippen molar-refractivity contribution in [2.24, 2.45) is 5.41 Å². The molecule has 0 bridgehead atoms. The Labute approximate surface area is 97.4 Å². The van der Waals surface area contributed by atoms with E-state index < -0.39 is 5.41 Å². The molecule has 0 aromatic heterocycles. The first-order chi connectivity index (χ1) is 7.32. The quantitative estimate of drug-likeness (QED) is 0.729. The largest absolute Gasteiger partial charge is 0.344 e. The molecule has 1 aliphatic heterocycles. The molecule has 1 N–H and O–H groups in total. The number of amides is 2. The molecule has 0 spiro atoms. The van der Waals surface area contributed by atoms with Crippen LogP contribution in [0.15, 0.2) is 0 Å². The molecule has 1 heterocycles. The lowest BCUT2D eigenvalue weighted by molar-refractivity contribution is -0.137. The zero-order chi connectivity index (χ0) is 12.3. The van der Waals surface area contributed by atoms with Crippen molar-refractivity contribution in [3.05, 3.63) is 0 Å². The maximum atomic E-state index is 11.9. The van der Waals surface area contributed by atoms with Crippen LogP contribution in [0.5, 0.6) is 0 Å². The molecule has 0 saturated carbocycles. The van der Waals surface area contributed by atoms with Gasteiger partial charge in [-0.1, -0.05) is 20.8 Å². The lowest BCUT2D eigenvalue weighted by atomic mass is 9.95. The van der Waals surface area contributed by atoms with Gasteiger partial charge in [0.15, 0.2) is 0 Å². The molecule has 2 amide bonds. The Hall–Kier alpha value is -1.06. The van der Waals surface area contributed by atoms with Gasteiger partial charge in [0.1, 0.15) is 6.04 Å². The minimum absolute atomic E-state index is 0.0371. The van der Waals surface area contributed by atoms with E-state index >= 15 is 0 Å². The summed E-state index contributed by atoms with van der Waals surface area (Å²) >= 11 is 0. The zero-order valence-electron chi connectivity index (χ0n) is 10.7. The molecule has 0 aromatic rings. The molecule has 0 aliphatic carbocycles. The fourth-order valence-corrected chi connectivity index (χ4v) is 1.71. The van der Waals surface area contributed by atoms with Gasteiger partial charge in [0.2, 0.25) is 11.8 Å². The number of carbonyl (C=O) groups excluding carboxylic acids is 2. The fraction of sp³-hybridized carbons (Fsp3) is 0.833. The Morgan fingerprint density at radius 2 is 2.00 bits per heavy atom. The van der Waals surface area contributed by atoms with E-state index in [2.05, 4.69) is 5.32 Å². The van der Waals surface area contributed by atoms with Crippen LogP contribution in [0.2, 0.25) is 0 Å². The molecule has 1 fully saturated rings. The SMILES string of the molecule is CN1CCCCC(NC(=O)C(C)(C)C)C1=O. The summed E-state index contributed by atoms with van der Waals surface area (Å²) in [6.07, 6.45) is 2.76. The number of carbonyl (C=O) groups is 2. The Kier molecular flexibility index (Phi) is 3.94. The van der Waals surface area contributed by atoms with Crippen LogP contribution in [0.1, 0.15) is 40.0 Å². The molecule has 92 valence electrons. The molecule has 1 atom stereocenters. The highest BCUT2D eigenvalue weighted by Gasteiger charge is 2.29. The van der Waals surface area contributed by atoms with Crippen molar-refractivity contribution < 1.29 is 9.59 Å². The topological polar surface area (TPSA) is 49.4 Å². The normalized spacial score (nSPS) is 22.9. The minimum atomic E-state index is -0.439. The Balaban J connectivity index is 2.65. The molecular formula is C12H22N2O2. The van der Waals surface area contributed by atoms with E-state index in [1.165, 1.54) is 0 Å². The maximum Gasteiger partial charge on any atom is 0.244 e. The van der Waals surface area contributed by atoms with Crippen LogP contribution in [-0.2, 0) is 9.59 Å². The molecule has 1 rings (SSSR count). The van der Waals surface area contributed by atoms with Crippen LogP contribution in [0.3, 0.4) is 0 Å². The summed E-state index contributed by atoms with van der Waals surface area (Å²) in [5, 5.41) is 2.85. The van der Waals surface area contributed by atoms with Crippen LogP contribution in [-0.4, -0.2) is 36.3 Å². The summed E-state index contributed by atoms with van der Waals surface area (Å²) in [5.74, 6) is -0.0174. The third-order valence-corrected chi connectivity index (χ3v) is 2.90. The van der Waals surface area contributed by atoms with Crippen molar-refractivity contribution in [3.8, 4) is 0 Å². The average Bonchev–Trinajstić information content (AvgIpc) is 2.32. The van der Waals surface area contributed by atoms with Gasteiger partial charge in [0, 0.05) is 19.0 Å². The van der Waals surface area contributed by atoms with Gasteiger partial charge < -0.3 is 10.2 Å². The molecule has 1 saturated heterocycles. The molecule has 0 aromatic carbocycles. The average molecular weight is 226 g/mol. The van der Waals surface area contributed by atoms with Crippen molar-refractivity contribution in [2.75, 3.05) is 13.6 Å². The van der Waals surface area contributed by atoms with Crippen LogP contribution in [0.4, 0.5) is 0 Å². The van der Waals surface area contributed by atoms with Crippen molar-refractivity contribution in [2.45, 2.75) is 46.1 Å². The number of nitrogens with zero attached hydrogens (tertiary/aromatic N) is 1. The van der Waals surface area contributed by atoms with Crippen LogP contribution >= 0.6 is 0 Å². The number of rotatable bonds is 1. The molecular weight excluding hydrogens is 204 g/mol. The first-order valence-electron chi connectivity index (χ1n) is 5.88. The Morgan fingerprint density at radius 1 is 1.38 bits per heavy atom. The highest BCUT2D eigenvalue weighted by molar-refractivity contribution is 5.89. The third-order valence-electron chi connectivity index (χ3n) is 2.90. The van der Waals surface area contributed by atoms with Gasteiger partial charge in [0.05, 0.1) is 0 Å². The monoisotopic (exact) mass is 226 g/mol. The van der Waals surface area contributed by atoms with E-state index in [-0.39, 0.29) is 17.9 Å². The smallest absolute Gasteiger partial charge is 0.244 e. The summed E-state index contributed by atoms with van der Waals surface area (Å²) < 4.78 is 0. The van der Waals surface area contributed by atoms with E-state index in [0.29, 0.717) is 0 Å². The minimum Gasteiger partial charge on any atom is -0.344 e. The number of likely N-dealkylation sites (N-methyl/N-ethyl adjacent to an activating group) is 1. The highest BCUT2D eigenvalue weighted by Crippen LogP contribution is 2.16. The summed E-state index contributed by atoms with van der Waals surface area (Å²) in [4.78, 5) is 25.4. The van der Waals surface area contributed by atoms with E-state index in [9.17, 15) is 9.59 Å². The van der Waals surface area contributed by atoms with Crippen LogP contribution < -0.4 is 5.32 Å². The number of hydrogen-bond acceptors (Lipinski definition) is 2. The standard InChI is InChI=1S/C12H22N2O2/c1-12(2,3)11(16)13-9-7-5-6-8-14(4)10(9)15/h9H,5-8H2,1-4H3,(H,13,16). The second-order valence-electron chi connectivity index (χ2n) is 5.53. The van der Waals surface area contributed by atoms with Gasteiger partial charge in [-0.15, -0.1) is 0 Å². The summed E-state index contributed by atoms with van der Waals surface area (Å²) in [6.45, 7) is 6.36. The summed E-state index contributed by atoms with van der Waals surface area (Å²) in [7, 11) is 1.80. The predicted octanol–water partition coefficient (Wildman–Crippen LogP) is 1.16. The third kappa shape index (κ3) is 3.22. The summed E-state index contributed by atoms with van der Waals surface area (Å²) in [5.41, 5.74) is -0.439.